The van der Waals surface area contributed by atoms with Crippen molar-refractivity contribution >= 4 is 15.9 Å². The van der Waals surface area contributed by atoms with Crippen LogP contribution in [0.25, 0.3) is 0 Å². The molecule has 0 N–H and O–H groups in total. The molecule has 1 amide bonds. The van der Waals surface area contributed by atoms with Crippen molar-refractivity contribution in [1.29, 1.82) is 0 Å². The summed E-state index contributed by atoms with van der Waals surface area (Å²) < 4.78 is 32.8. The molecule has 3 rings (SSSR count). The van der Waals surface area contributed by atoms with Gasteiger partial charge in [-0.25, -0.2) is 8.42 Å². The summed E-state index contributed by atoms with van der Waals surface area (Å²) in [5, 5.41) is 0. The highest BCUT2D eigenvalue weighted by Crippen LogP contribution is 2.26. The van der Waals surface area contributed by atoms with Crippen molar-refractivity contribution in [2.75, 3.05) is 32.8 Å². The van der Waals surface area contributed by atoms with Crippen LogP contribution in [0, 0.1) is 12.8 Å². The average Bonchev–Trinajstić information content (AvgIpc) is 2.68. The highest BCUT2D eigenvalue weighted by atomic mass is 32.2. The predicted octanol–water partition coefficient (Wildman–Crippen LogP) is 2.81. The number of nitrogens with zero attached hydrogens (tertiary/aromatic N) is 2. The number of amides is 1. The van der Waals surface area contributed by atoms with E-state index in [1.165, 1.54) is 0 Å². The number of hydrogen-bond donors (Lipinski definition) is 0. The number of sulfonamides is 1. The molecule has 2 fully saturated rings. The van der Waals surface area contributed by atoms with Crippen LogP contribution >= 0.6 is 0 Å². The molecule has 0 spiro atoms. The Kier molecular flexibility index (Phi) is 6.42. The van der Waals surface area contributed by atoms with Gasteiger partial charge < -0.3 is 9.64 Å². The van der Waals surface area contributed by atoms with Crippen LogP contribution in [0.5, 0.6) is 5.75 Å². The lowest BCUT2D eigenvalue weighted by atomic mass is 9.99. The molecule has 0 radical (unpaired) electrons. The molecule has 1 aromatic rings. The summed E-state index contributed by atoms with van der Waals surface area (Å²) in [5.41, 5.74) is 0.730. The van der Waals surface area contributed by atoms with Gasteiger partial charge >= 0.3 is 0 Å². The number of benzene rings is 1. The number of carbonyl (C=O) groups excluding carboxylic acids is 1. The lowest BCUT2D eigenvalue weighted by Gasteiger charge is -2.30. The summed E-state index contributed by atoms with van der Waals surface area (Å²) >= 11 is 0. The zero-order valence-electron chi connectivity index (χ0n) is 16.3. The molecule has 0 unspecified atom stereocenters. The zero-order valence-corrected chi connectivity index (χ0v) is 17.1. The molecular formula is C20H30N2O4S. The monoisotopic (exact) mass is 394 g/mol. The van der Waals surface area contributed by atoms with Crippen LogP contribution in [-0.2, 0) is 14.8 Å². The fraction of sp³-hybridized carbons (Fsp3) is 0.650. The van der Waals surface area contributed by atoms with Gasteiger partial charge in [0.15, 0.2) is 6.61 Å². The molecule has 2 aliphatic rings. The number of rotatable bonds is 5. The SMILES string of the molecule is Cc1cc(S(=O)(=O)N2CCCCC2)ccc1OCC(=O)N1CCC(C)CC1. The molecule has 1 aromatic carbocycles. The van der Waals surface area contributed by atoms with E-state index in [4.69, 9.17) is 4.74 Å². The molecular weight excluding hydrogens is 364 g/mol. The van der Waals surface area contributed by atoms with Gasteiger partial charge in [-0.05, 0) is 62.3 Å². The Labute approximate surface area is 162 Å². The number of likely N-dealkylation sites (tertiary alicyclic amines) is 1. The van der Waals surface area contributed by atoms with E-state index in [0.29, 0.717) is 29.7 Å². The van der Waals surface area contributed by atoms with Crippen molar-refractivity contribution in [2.45, 2.75) is 50.8 Å². The largest absolute Gasteiger partial charge is 0.483 e. The molecule has 2 heterocycles. The minimum Gasteiger partial charge on any atom is -0.483 e. The maximum atomic E-state index is 12.8. The molecule has 150 valence electrons. The van der Waals surface area contributed by atoms with Gasteiger partial charge in [-0.15, -0.1) is 0 Å². The Balaban J connectivity index is 1.62. The van der Waals surface area contributed by atoms with E-state index in [9.17, 15) is 13.2 Å². The maximum Gasteiger partial charge on any atom is 0.260 e. The van der Waals surface area contributed by atoms with Gasteiger partial charge in [-0.2, -0.15) is 4.31 Å². The summed E-state index contributed by atoms with van der Waals surface area (Å²) in [6.45, 7) is 6.77. The van der Waals surface area contributed by atoms with Crippen LogP contribution in [0.2, 0.25) is 0 Å². The third kappa shape index (κ3) is 4.82. The maximum absolute atomic E-state index is 12.8. The first-order chi connectivity index (χ1) is 12.9. The first kappa shape index (κ1) is 20.1. The number of hydrogen-bond acceptors (Lipinski definition) is 4. The first-order valence-corrected chi connectivity index (χ1v) is 11.3. The van der Waals surface area contributed by atoms with E-state index in [0.717, 1.165) is 50.8 Å². The number of aryl methyl sites for hydroxylation is 1. The number of ether oxygens (including phenoxy) is 1. The highest BCUT2D eigenvalue weighted by molar-refractivity contribution is 7.89. The Morgan fingerprint density at radius 1 is 1.11 bits per heavy atom. The lowest BCUT2D eigenvalue weighted by Crippen LogP contribution is -2.40. The summed E-state index contributed by atoms with van der Waals surface area (Å²) in [5.74, 6) is 1.23. The van der Waals surface area contributed by atoms with Gasteiger partial charge in [0.25, 0.3) is 5.91 Å². The Morgan fingerprint density at radius 2 is 1.78 bits per heavy atom. The van der Waals surface area contributed by atoms with Crippen LogP contribution < -0.4 is 4.74 Å². The molecule has 2 aliphatic heterocycles. The van der Waals surface area contributed by atoms with E-state index in [1.807, 2.05) is 11.8 Å². The molecule has 0 aliphatic carbocycles. The smallest absolute Gasteiger partial charge is 0.260 e. The van der Waals surface area contributed by atoms with Crippen LogP contribution in [0.15, 0.2) is 23.1 Å². The van der Waals surface area contributed by atoms with Gasteiger partial charge in [0, 0.05) is 26.2 Å². The standard InChI is InChI=1S/C20H30N2O4S/c1-16-8-12-21(13-9-16)20(23)15-26-19-7-6-18(14-17(19)2)27(24,25)22-10-4-3-5-11-22/h6-7,14,16H,3-5,8-13,15H2,1-2H3. The van der Waals surface area contributed by atoms with E-state index < -0.39 is 10.0 Å². The van der Waals surface area contributed by atoms with E-state index in [1.54, 1.807) is 22.5 Å². The van der Waals surface area contributed by atoms with Crippen molar-refractivity contribution in [3.8, 4) is 5.75 Å². The van der Waals surface area contributed by atoms with Crippen LogP contribution in [0.1, 0.15) is 44.6 Å². The molecule has 2 saturated heterocycles. The highest BCUT2D eigenvalue weighted by Gasteiger charge is 2.26. The molecule has 0 atom stereocenters. The van der Waals surface area contributed by atoms with Gasteiger partial charge in [0.2, 0.25) is 10.0 Å². The van der Waals surface area contributed by atoms with Gasteiger partial charge in [-0.3, -0.25) is 4.79 Å². The second kappa shape index (κ2) is 8.61. The van der Waals surface area contributed by atoms with Crippen molar-refractivity contribution in [1.82, 2.24) is 9.21 Å². The minimum atomic E-state index is -3.45. The fourth-order valence-electron chi connectivity index (χ4n) is 3.69. The third-order valence-corrected chi connectivity index (χ3v) is 7.48. The first-order valence-electron chi connectivity index (χ1n) is 9.89. The van der Waals surface area contributed by atoms with E-state index in [-0.39, 0.29) is 12.5 Å². The van der Waals surface area contributed by atoms with Crippen molar-refractivity contribution < 1.29 is 17.9 Å². The zero-order chi connectivity index (χ0) is 19.4. The third-order valence-electron chi connectivity index (χ3n) is 5.59. The summed E-state index contributed by atoms with van der Waals surface area (Å²) in [4.78, 5) is 14.5. The minimum absolute atomic E-state index is 0.00651. The van der Waals surface area contributed by atoms with Gasteiger partial charge in [0.1, 0.15) is 5.75 Å². The van der Waals surface area contributed by atoms with Gasteiger partial charge in [-0.1, -0.05) is 13.3 Å². The summed E-state index contributed by atoms with van der Waals surface area (Å²) in [7, 11) is -3.45. The van der Waals surface area contributed by atoms with Crippen LogP contribution in [0.3, 0.4) is 0 Å². The normalized spacial score (nSPS) is 19.9. The second-order valence-corrected chi connectivity index (χ2v) is 9.68. The van der Waals surface area contributed by atoms with E-state index in [2.05, 4.69) is 6.92 Å². The predicted molar refractivity (Wildman–Crippen MR) is 104 cm³/mol. The van der Waals surface area contributed by atoms with Crippen LogP contribution in [0.4, 0.5) is 0 Å². The lowest BCUT2D eigenvalue weighted by molar-refractivity contribution is -0.134. The average molecular weight is 395 g/mol. The Morgan fingerprint density at radius 3 is 2.41 bits per heavy atom. The number of piperidine rings is 2. The quantitative estimate of drug-likeness (QED) is 0.770. The summed E-state index contributed by atoms with van der Waals surface area (Å²) in [6.07, 6.45) is 4.98. The number of carbonyl (C=O) groups is 1. The topological polar surface area (TPSA) is 66.9 Å². The second-order valence-electron chi connectivity index (χ2n) is 7.74. The molecule has 27 heavy (non-hydrogen) atoms. The molecule has 0 bridgehead atoms. The Bertz CT molecular complexity index is 764. The van der Waals surface area contributed by atoms with E-state index >= 15 is 0 Å². The summed E-state index contributed by atoms with van der Waals surface area (Å²) in [6, 6.07) is 4.89. The molecule has 7 heteroatoms. The van der Waals surface area contributed by atoms with Crippen molar-refractivity contribution in [2.24, 2.45) is 5.92 Å². The van der Waals surface area contributed by atoms with Gasteiger partial charge in [0.05, 0.1) is 4.90 Å². The van der Waals surface area contributed by atoms with Crippen molar-refractivity contribution in [3.63, 3.8) is 0 Å². The molecule has 0 aromatic heterocycles. The fourth-order valence-corrected chi connectivity index (χ4v) is 5.29. The molecule has 0 saturated carbocycles. The van der Waals surface area contributed by atoms with Crippen molar-refractivity contribution in [3.05, 3.63) is 23.8 Å². The molecule has 6 nitrogen and oxygen atoms in total. The Hall–Kier alpha value is -1.60. The van der Waals surface area contributed by atoms with Crippen LogP contribution in [-0.4, -0.2) is 56.3 Å².